The summed E-state index contributed by atoms with van der Waals surface area (Å²) in [4.78, 5) is 16.0. The first-order chi connectivity index (χ1) is 8.06. The maximum Gasteiger partial charge on any atom is 0.222 e. The Morgan fingerprint density at radius 3 is 2.88 bits per heavy atom. The van der Waals surface area contributed by atoms with Crippen LogP contribution in [0.3, 0.4) is 0 Å². The molecule has 4 heteroatoms. The number of likely N-dealkylation sites (tertiary alicyclic amines) is 1. The molecule has 2 heterocycles. The third-order valence-electron chi connectivity index (χ3n) is 3.35. The molecule has 3 nitrogen and oxygen atoms in total. The molecular weight excluding hydrogens is 232 g/mol. The van der Waals surface area contributed by atoms with Crippen LogP contribution in [0.2, 0.25) is 0 Å². The summed E-state index contributed by atoms with van der Waals surface area (Å²) >= 11 is 1.85. The zero-order chi connectivity index (χ0) is 12.4. The molecular formula is C13H20N2OS. The van der Waals surface area contributed by atoms with Crippen LogP contribution in [-0.2, 0) is 11.3 Å². The number of likely N-dealkylation sites (N-methyl/N-ethyl adjacent to an activating group) is 1. The van der Waals surface area contributed by atoms with Crippen molar-refractivity contribution in [1.29, 1.82) is 0 Å². The van der Waals surface area contributed by atoms with Gasteiger partial charge in [-0.2, -0.15) is 0 Å². The maximum absolute atomic E-state index is 11.4. The van der Waals surface area contributed by atoms with E-state index in [1.807, 2.05) is 23.3 Å². The number of hydrogen-bond donors (Lipinski definition) is 1. The predicted molar refractivity (Wildman–Crippen MR) is 71.3 cm³/mol. The summed E-state index contributed by atoms with van der Waals surface area (Å²) < 4.78 is 0. The molecule has 2 rings (SSSR count). The van der Waals surface area contributed by atoms with Crippen molar-refractivity contribution >= 4 is 17.2 Å². The number of rotatable bonds is 3. The lowest BCUT2D eigenvalue weighted by atomic mass is 10.1. The van der Waals surface area contributed by atoms with E-state index >= 15 is 0 Å². The van der Waals surface area contributed by atoms with E-state index in [1.165, 1.54) is 15.3 Å². The van der Waals surface area contributed by atoms with Crippen molar-refractivity contribution in [3.63, 3.8) is 0 Å². The van der Waals surface area contributed by atoms with Crippen molar-refractivity contribution in [2.75, 3.05) is 13.6 Å². The Labute approximate surface area is 107 Å². The number of carbonyl (C=O) groups is 1. The molecule has 0 saturated carbocycles. The van der Waals surface area contributed by atoms with Crippen molar-refractivity contribution in [3.8, 4) is 0 Å². The van der Waals surface area contributed by atoms with E-state index in [0.29, 0.717) is 12.5 Å². The molecule has 1 atom stereocenters. The first-order valence-electron chi connectivity index (χ1n) is 6.09. The van der Waals surface area contributed by atoms with Crippen LogP contribution in [0.1, 0.15) is 28.2 Å². The minimum Gasteiger partial charge on any atom is -0.344 e. The molecule has 94 valence electrons. The van der Waals surface area contributed by atoms with Gasteiger partial charge < -0.3 is 10.2 Å². The van der Waals surface area contributed by atoms with Gasteiger partial charge in [-0.05, 0) is 31.9 Å². The van der Waals surface area contributed by atoms with Gasteiger partial charge in [-0.25, -0.2) is 0 Å². The Kier molecular flexibility index (Phi) is 3.84. The van der Waals surface area contributed by atoms with Gasteiger partial charge in [-0.1, -0.05) is 0 Å². The molecule has 1 unspecified atom stereocenters. The van der Waals surface area contributed by atoms with Crippen molar-refractivity contribution in [2.24, 2.45) is 0 Å². The molecule has 1 aliphatic rings. The number of thiophene rings is 1. The van der Waals surface area contributed by atoms with Gasteiger partial charge in [-0.3, -0.25) is 4.79 Å². The number of piperidine rings is 1. The SMILES string of the molecule is Cc1cc(CNC2CCC(=O)N(C)C2)c(C)s1. The van der Waals surface area contributed by atoms with Crippen LogP contribution in [0.15, 0.2) is 6.07 Å². The molecule has 0 aromatic carbocycles. The summed E-state index contributed by atoms with van der Waals surface area (Å²) in [6.07, 6.45) is 1.64. The van der Waals surface area contributed by atoms with Crippen molar-refractivity contribution < 1.29 is 4.79 Å². The summed E-state index contributed by atoms with van der Waals surface area (Å²) in [5, 5.41) is 3.56. The Bertz CT molecular complexity index is 414. The molecule has 1 N–H and O–H groups in total. The monoisotopic (exact) mass is 252 g/mol. The first kappa shape index (κ1) is 12.6. The third kappa shape index (κ3) is 3.07. The lowest BCUT2D eigenvalue weighted by molar-refractivity contribution is -0.132. The highest BCUT2D eigenvalue weighted by molar-refractivity contribution is 7.12. The highest BCUT2D eigenvalue weighted by Gasteiger charge is 2.22. The Hall–Kier alpha value is -0.870. The Morgan fingerprint density at radius 1 is 1.53 bits per heavy atom. The van der Waals surface area contributed by atoms with Crippen LogP contribution >= 0.6 is 11.3 Å². The molecule has 1 amide bonds. The maximum atomic E-state index is 11.4. The van der Waals surface area contributed by atoms with Gasteiger partial charge >= 0.3 is 0 Å². The van der Waals surface area contributed by atoms with E-state index in [0.717, 1.165) is 19.5 Å². The molecule has 1 aromatic rings. The van der Waals surface area contributed by atoms with E-state index < -0.39 is 0 Å². The van der Waals surface area contributed by atoms with Crippen molar-refractivity contribution in [1.82, 2.24) is 10.2 Å². The molecule has 0 spiro atoms. The second kappa shape index (κ2) is 5.19. The minimum atomic E-state index is 0.269. The van der Waals surface area contributed by atoms with Crippen LogP contribution in [-0.4, -0.2) is 30.4 Å². The molecule has 0 aliphatic carbocycles. The minimum absolute atomic E-state index is 0.269. The molecule has 0 bridgehead atoms. The van der Waals surface area contributed by atoms with Crippen LogP contribution in [0.4, 0.5) is 0 Å². The van der Waals surface area contributed by atoms with E-state index in [1.54, 1.807) is 0 Å². The number of carbonyl (C=O) groups excluding carboxylic acids is 1. The second-order valence-corrected chi connectivity index (χ2v) is 6.29. The van der Waals surface area contributed by atoms with Crippen molar-refractivity contribution in [2.45, 2.75) is 39.3 Å². The van der Waals surface area contributed by atoms with Crippen LogP contribution in [0, 0.1) is 13.8 Å². The quantitative estimate of drug-likeness (QED) is 0.893. The van der Waals surface area contributed by atoms with Gasteiger partial charge in [0.2, 0.25) is 5.91 Å². The smallest absolute Gasteiger partial charge is 0.222 e. The standard InChI is InChI=1S/C13H20N2OS/c1-9-6-11(10(2)17-9)7-14-12-4-5-13(16)15(3)8-12/h6,12,14H,4-5,7-8H2,1-3H3. The zero-order valence-corrected chi connectivity index (χ0v) is 11.6. The Balaban J connectivity index is 1.86. The molecule has 1 saturated heterocycles. The summed E-state index contributed by atoms with van der Waals surface area (Å²) in [6, 6.07) is 2.70. The van der Waals surface area contributed by atoms with Gasteiger partial charge in [0.15, 0.2) is 0 Å². The fraction of sp³-hybridized carbons (Fsp3) is 0.615. The molecule has 1 fully saturated rings. The number of aryl methyl sites for hydroxylation is 2. The highest BCUT2D eigenvalue weighted by atomic mass is 32.1. The third-order valence-corrected chi connectivity index (χ3v) is 4.36. The number of amides is 1. The lowest BCUT2D eigenvalue weighted by Crippen LogP contribution is -2.46. The van der Waals surface area contributed by atoms with E-state index in [4.69, 9.17) is 0 Å². The largest absolute Gasteiger partial charge is 0.344 e. The fourth-order valence-electron chi connectivity index (χ4n) is 2.29. The fourth-order valence-corrected chi connectivity index (χ4v) is 3.24. The second-order valence-electron chi connectivity index (χ2n) is 4.83. The van der Waals surface area contributed by atoms with E-state index in [-0.39, 0.29) is 5.91 Å². The van der Waals surface area contributed by atoms with Gasteiger partial charge in [0.05, 0.1) is 0 Å². The number of hydrogen-bond acceptors (Lipinski definition) is 3. The number of nitrogens with one attached hydrogen (secondary N) is 1. The topological polar surface area (TPSA) is 32.3 Å². The summed E-state index contributed by atoms with van der Waals surface area (Å²) in [6.45, 7) is 6.07. The predicted octanol–water partition coefficient (Wildman–Crippen LogP) is 2.08. The van der Waals surface area contributed by atoms with Gasteiger partial charge in [0, 0.05) is 42.4 Å². The van der Waals surface area contributed by atoms with Gasteiger partial charge in [0.25, 0.3) is 0 Å². The summed E-state index contributed by atoms with van der Waals surface area (Å²) in [7, 11) is 1.89. The molecule has 17 heavy (non-hydrogen) atoms. The van der Waals surface area contributed by atoms with E-state index in [2.05, 4.69) is 25.2 Å². The molecule has 1 aliphatic heterocycles. The molecule has 0 radical (unpaired) electrons. The van der Waals surface area contributed by atoms with Crippen LogP contribution in [0.5, 0.6) is 0 Å². The normalized spacial score (nSPS) is 21.0. The average Bonchev–Trinajstić information content (AvgIpc) is 2.59. The summed E-state index contributed by atoms with van der Waals surface area (Å²) in [5.74, 6) is 0.269. The number of nitrogens with zero attached hydrogens (tertiary/aromatic N) is 1. The first-order valence-corrected chi connectivity index (χ1v) is 6.91. The van der Waals surface area contributed by atoms with Crippen molar-refractivity contribution in [3.05, 3.63) is 21.4 Å². The Morgan fingerprint density at radius 2 is 2.29 bits per heavy atom. The van der Waals surface area contributed by atoms with Gasteiger partial charge in [0.1, 0.15) is 0 Å². The lowest BCUT2D eigenvalue weighted by Gasteiger charge is -2.30. The van der Waals surface area contributed by atoms with Crippen LogP contribution < -0.4 is 5.32 Å². The average molecular weight is 252 g/mol. The van der Waals surface area contributed by atoms with Crippen LogP contribution in [0.25, 0.3) is 0 Å². The van der Waals surface area contributed by atoms with E-state index in [9.17, 15) is 4.79 Å². The van der Waals surface area contributed by atoms with Gasteiger partial charge in [-0.15, -0.1) is 11.3 Å². The highest BCUT2D eigenvalue weighted by Crippen LogP contribution is 2.20. The summed E-state index contributed by atoms with van der Waals surface area (Å²) in [5.41, 5.74) is 1.40. The zero-order valence-electron chi connectivity index (χ0n) is 10.7. The molecule has 1 aromatic heterocycles.